The first-order valence-electron chi connectivity index (χ1n) is 12.9. The third-order valence-electron chi connectivity index (χ3n) is 7.82. The van der Waals surface area contributed by atoms with Crippen molar-refractivity contribution in [1.29, 1.82) is 5.26 Å². The highest BCUT2D eigenvalue weighted by molar-refractivity contribution is 5.99. The Morgan fingerprint density at radius 2 is 1.95 bits per heavy atom. The molecule has 1 aliphatic heterocycles. The minimum absolute atomic E-state index is 0.0448. The maximum atomic E-state index is 12.5. The van der Waals surface area contributed by atoms with E-state index in [0.29, 0.717) is 29.9 Å². The number of nitrogens with one attached hydrogen (secondary N) is 3. The van der Waals surface area contributed by atoms with Gasteiger partial charge in [0.05, 0.1) is 11.5 Å². The molecular formula is C28H31N9O2. The third-order valence-corrected chi connectivity index (χ3v) is 7.82. The predicted octanol–water partition coefficient (Wildman–Crippen LogP) is 1.84. The zero-order valence-corrected chi connectivity index (χ0v) is 22.0. The van der Waals surface area contributed by atoms with E-state index in [-0.39, 0.29) is 18.0 Å². The van der Waals surface area contributed by atoms with E-state index in [0.717, 1.165) is 47.3 Å². The first kappa shape index (κ1) is 26.1. The summed E-state index contributed by atoms with van der Waals surface area (Å²) in [5, 5.41) is 31.0. The summed E-state index contributed by atoms with van der Waals surface area (Å²) in [5.41, 5.74) is 9.97. The van der Waals surface area contributed by atoms with Crippen LogP contribution in [0.15, 0.2) is 48.7 Å². The van der Waals surface area contributed by atoms with Gasteiger partial charge in [0.25, 0.3) is 5.91 Å². The van der Waals surface area contributed by atoms with Crippen LogP contribution in [0.1, 0.15) is 63.9 Å². The highest BCUT2D eigenvalue weighted by Crippen LogP contribution is 2.54. The zero-order valence-electron chi connectivity index (χ0n) is 22.0. The lowest BCUT2D eigenvalue weighted by Crippen LogP contribution is -2.41. The van der Waals surface area contributed by atoms with Gasteiger partial charge in [0.2, 0.25) is 5.91 Å². The molecule has 0 radical (unpaired) electrons. The van der Waals surface area contributed by atoms with Gasteiger partial charge in [0, 0.05) is 43.0 Å². The molecule has 1 saturated heterocycles. The van der Waals surface area contributed by atoms with Crippen molar-refractivity contribution in [1.82, 2.24) is 36.2 Å². The number of primary amides is 1. The molecule has 5 rings (SSSR count). The average molecular weight is 526 g/mol. The van der Waals surface area contributed by atoms with Crippen molar-refractivity contribution in [3.8, 4) is 17.2 Å². The maximum Gasteiger partial charge on any atom is 0.251 e. The van der Waals surface area contributed by atoms with Crippen LogP contribution in [0.25, 0.3) is 11.1 Å². The summed E-state index contributed by atoms with van der Waals surface area (Å²) >= 11 is 0. The summed E-state index contributed by atoms with van der Waals surface area (Å²) in [6.07, 6.45) is 2.38. The number of tetrazole rings is 1. The van der Waals surface area contributed by atoms with Crippen molar-refractivity contribution >= 4 is 11.8 Å². The number of fused-ring (bicyclic) bond motifs is 3. The highest BCUT2D eigenvalue weighted by atomic mass is 16.1. The Kier molecular flexibility index (Phi) is 6.89. The fourth-order valence-electron chi connectivity index (χ4n) is 5.96. The van der Waals surface area contributed by atoms with Gasteiger partial charge in [-0.3, -0.25) is 9.59 Å². The summed E-state index contributed by atoms with van der Waals surface area (Å²) < 4.78 is 0. The number of likely N-dealkylation sites (tertiary alicyclic amines) is 1. The molecule has 0 bridgehead atoms. The standard InChI is InChI=1S/C28H31N9O2/c1-16(32-15-17(2)37-10-4-5-20(37)14-29)13-28(27-33-35-36-34-27)23-8-6-18(25(30)38)11-21(23)22-12-19(26(39)31-3)7-9-24(22)28/h6-9,11-12,16,20,32H,2,4-5,10,13,15H2,1,3H3,(H2,30,38)(H,31,39)(H,33,34,35,36)/t16-,20?,28?/m0/s1. The Hall–Kier alpha value is -4.56. The number of carbonyl (C=O) groups is 2. The van der Waals surface area contributed by atoms with Gasteiger partial charge >= 0.3 is 0 Å². The Balaban J connectivity index is 1.55. The highest BCUT2D eigenvalue weighted by Gasteiger charge is 2.49. The van der Waals surface area contributed by atoms with Crippen LogP contribution in [0.5, 0.6) is 0 Å². The molecule has 11 nitrogen and oxygen atoms in total. The minimum atomic E-state index is -0.814. The van der Waals surface area contributed by atoms with E-state index in [4.69, 9.17) is 5.73 Å². The third kappa shape index (κ3) is 4.42. The number of aromatic amines is 1. The van der Waals surface area contributed by atoms with Crippen molar-refractivity contribution in [2.75, 3.05) is 20.1 Å². The molecule has 200 valence electrons. The second-order valence-electron chi connectivity index (χ2n) is 10.1. The molecule has 3 atom stereocenters. The van der Waals surface area contributed by atoms with Crippen LogP contribution in [0.2, 0.25) is 0 Å². The number of H-pyrrole nitrogens is 1. The van der Waals surface area contributed by atoms with Crippen molar-refractivity contribution in [3.63, 3.8) is 0 Å². The summed E-state index contributed by atoms with van der Waals surface area (Å²) in [6.45, 7) is 7.66. The average Bonchev–Trinajstić information content (AvgIpc) is 3.70. The number of rotatable bonds is 9. The monoisotopic (exact) mass is 525 g/mol. The second kappa shape index (κ2) is 10.3. The van der Waals surface area contributed by atoms with Crippen molar-refractivity contribution in [3.05, 3.63) is 76.8 Å². The van der Waals surface area contributed by atoms with Crippen LogP contribution >= 0.6 is 0 Å². The molecule has 1 aliphatic carbocycles. The number of benzene rings is 2. The second-order valence-corrected chi connectivity index (χ2v) is 10.1. The predicted molar refractivity (Wildman–Crippen MR) is 144 cm³/mol. The van der Waals surface area contributed by atoms with Crippen LogP contribution in [-0.2, 0) is 5.41 Å². The topological polar surface area (TPSA) is 166 Å². The molecule has 1 aromatic heterocycles. The lowest BCUT2D eigenvalue weighted by molar-refractivity contribution is 0.0961. The SMILES string of the molecule is C=C(CN[C@@H](C)CC1(c2nn[nH]n2)c2ccc(C(N)=O)cc2-c2cc(C(=O)NC)ccc21)N1CCCC1C#N. The van der Waals surface area contributed by atoms with E-state index < -0.39 is 11.3 Å². The molecule has 2 aliphatic rings. The maximum absolute atomic E-state index is 12.5. The number of aromatic nitrogens is 4. The number of hydrogen-bond donors (Lipinski definition) is 4. The Labute approximate surface area is 226 Å². The van der Waals surface area contributed by atoms with Crippen molar-refractivity contribution in [2.45, 2.75) is 43.7 Å². The molecule has 5 N–H and O–H groups in total. The normalized spacial score (nSPS) is 20.1. The molecule has 2 heterocycles. The molecule has 11 heteroatoms. The van der Waals surface area contributed by atoms with Gasteiger partial charge in [-0.15, -0.1) is 10.2 Å². The van der Waals surface area contributed by atoms with E-state index >= 15 is 0 Å². The quantitative estimate of drug-likeness (QED) is 0.328. The van der Waals surface area contributed by atoms with Gasteiger partial charge in [0.15, 0.2) is 5.82 Å². The van der Waals surface area contributed by atoms with Gasteiger partial charge in [-0.05, 0) is 72.7 Å². The minimum Gasteiger partial charge on any atom is -0.366 e. The van der Waals surface area contributed by atoms with E-state index in [2.05, 4.69) is 55.7 Å². The van der Waals surface area contributed by atoms with Gasteiger partial charge < -0.3 is 21.3 Å². The van der Waals surface area contributed by atoms with Gasteiger partial charge in [-0.2, -0.15) is 10.5 Å². The Bertz CT molecular complexity index is 1480. The molecule has 0 saturated carbocycles. The molecule has 1 fully saturated rings. The van der Waals surface area contributed by atoms with Crippen molar-refractivity contribution < 1.29 is 9.59 Å². The summed E-state index contributed by atoms with van der Waals surface area (Å²) in [6, 6.07) is 13.1. The molecular weight excluding hydrogens is 494 g/mol. The lowest BCUT2D eigenvalue weighted by Gasteiger charge is -2.33. The fraction of sp³-hybridized carbons (Fsp3) is 0.357. The zero-order chi connectivity index (χ0) is 27.7. The summed E-state index contributed by atoms with van der Waals surface area (Å²) in [7, 11) is 1.58. The number of nitriles is 1. The smallest absolute Gasteiger partial charge is 0.251 e. The van der Waals surface area contributed by atoms with E-state index in [1.807, 2.05) is 18.2 Å². The van der Waals surface area contributed by atoms with E-state index in [1.54, 1.807) is 25.2 Å². The number of nitrogens with two attached hydrogens (primary N) is 1. The van der Waals surface area contributed by atoms with Crippen LogP contribution in [0.3, 0.4) is 0 Å². The molecule has 2 aromatic carbocycles. The Morgan fingerprint density at radius 3 is 2.56 bits per heavy atom. The van der Waals surface area contributed by atoms with Crippen LogP contribution < -0.4 is 16.4 Å². The van der Waals surface area contributed by atoms with Crippen LogP contribution in [0.4, 0.5) is 0 Å². The molecule has 2 amide bonds. The van der Waals surface area contributed by atoms with Gasteiger partial charge in [-0.25, -0.2) is 0 Å². The molecule has 3 aromatic rings. The summed E-state index contributed by atoms with van der Waals surface area (Å²) in [4.78, 5) is 26.7. The van der Waals surface area contributed by atoms with E-state index in [9.17, 15) is 14.9 Å². The summed E-state index contributed by atoms with van der Waals surface area (Å²) in [5.74, 6) is -0.266. The van der Waals surface area contributed by atoms with Crippen LogP contribution in [-0.4, -0.2) is 69.6 Å². The Morgan fingerprint density at radius 1 is 1.26 bits per heavy atom. The largest absolute Gasteiger partial charge is 0.366 e. The van der Waals surface area contributed by atoms with Gasteiger partial charge in [0.1, 0.15) is 6.04 Å². The lowest BCUT2D eigenvalue weighted by atomic mass is 9.72. The number of carbonyl (C=O) groups excluding carboxylic acids is 2. The number of hydrogen-bond acceptors (Lipinski definition) is 8. The first-order valence-corrected chi connectivity index (χ1v) is 12.9. The van der Waals surface area contributed by atoms with Gasteiger partial charge in [-0.1, -0.05) is 23.9 Å². The first-order chi connectivity index (χ1) is 18.8. The molecule has 0 spiro atoms. The number of amides is 2. The fourth-order valence-corrected chi connectivity index (χ4v) is 5.96. The number of nitrogens with zero attached hydrogens (tertiary/aromatic N) is 5. The van der Waals surface area contributed by atoms with Crippen LogP contribution in [0, 0.1) is 11.3 Å². The molecule has 39 heavy (non-hydrogen) atoms. The van der Waals surface area contributed by atoms with E-state index in [1.165, 1.54) is 0 Å². The van der Waals surface area contributed by atoms with Crippen molar-refractivity contribution in [2.24, 2.45) is 5.73 Å². The molecule has 2 unspecified atom stereocenters.